The van der Waals surface area contributed by atoms with E-state index in [-0.39, 0.29) is 17.7 Å². The molecule has 0 aromatic heterocycles. The molecule has 1 atom stereocenters. The second kappa shape index (κ2) is 9.57. The van der Waals surface area contributed by atoms with E-state index in [1.807, 2.05) is 23.1 Å². The molecule has 3 N–H and O–H groups in total. The summed E-state index contributed by atoms with van der Waals surface area (Å²) in [6, 6.07) is 6.86. The van der Waals surface area contributed by atoms with Gasteiger partial charge in [-0.1, -0.05) is 6.07 Å². The topological polar surface area (TPSA) is 93.8 Å². The number of rotatable bonds is 5. The van der Waals surface area contributed by atoms with Gasteiger partial charge in [0.05, 0.1) is 0 Å². The van der Waals surface area contributed by atoms with Crippen molar-refractivity contribution in [3.8, 4) is 0 Å². The third kappa shape index (κ3) is 5.17. The van der Waals surface area contributed by atoms with Crippen LogP contribution < -0.4 is 16.0 Å². The van der Waals surface area contributed by atoms with Crippen LogP contribution in [-0.2, 0) is 9.59 Å². The van der Waals surface area contributed by atoms with Gasteiger partial charge in [0, 0.05) is 63.5 Å². The Morgan fingerprint density at radius 3 is 2.57 bits per heavy atom. The molecule has 162 valence electrons. The molecule has 4 rings (SSSR count). The van der Waals surface area contributed by atoms with Gasteiger partial charge in [0.15, 0.2) is 0 Å². The summed E-state index contributed by atoms with van der Waals surface area (Å²) in [5, 5.41) is 8.90. The quantitative estimate of drug-likeness (QED) is 0.614. The van der Waals surface area contributed by atoms with Crippen molar-refractivity contribution in [1.29, 1.82) is 0 Å². The number of benzene rings is 1. The highest BCUT2D eigenvalue weighted by molar-refractivity contribution is 6.01. The molecule has 0 radical (unpaired) electrons. The lowest BCUT2D eigenvalue weighted by Crippen LogP contribution is -2.47. The summed E-state index contributed by atoms with van der Waals surface area (Å²) in [7, 11) is 0. The summed E-state index contributed by atoms with van der Waals surface area (Å²) in [6.07, 6.45) is 2.88. The van der Waals surface area contributed by atoms with Crippen molar-refractivity contribution in [1.82, 2.24) is 20.4 Å². The fourth-order valence-electron chi connectivity index (χ4n) is 4.53. The third-order valence-corrected chi connectivity index (χ3v) is 6.32. The molecule has 0 saturated carbocycles. The van der Waals surface area contributed by atoms with Crippen LogP contribution in [0.5, 0.6) is 0 Å². The number of imide groups is 1. The van der Waals surface area contributed by atoms with E-state index in [0.29, 0.717) is 24.3 Å². The molecule has 30 heavy (non-hydrogen) atoms. The Morgan fingerprint density at radius 2 is 1.83 bits per heavy atom. The number of piperidine rings is 2. The Kier molecular flexibility index (Phi) is 6.64. The maximum atomic E-state index is 13.0. The summed E-state index contributed by atoms with van der Waals surface area (Å²) in [5.41, 5.74) is 1.36. The van der Waals surface area contributed by atoms with E-state index in [9.17, 15) is 14.4 Å². The van der Waals surface area contributed by atoms with E-state index in [1.54, 1.807) is 6.07 Å². The zero-order valence-electron chi connectivity index (χ0n) is 17.4. The molecule has 1 aromatic rings. The number of nitrogens with one attached hydrogen (secondary N) is 3. The lowest BCUT2D eigenvalue weighted by molar-refractivity contribution is -0.133. The molecular weight excluding hydrogens is 382 g/mol. The van der Waals surface area contributed by atoms with Crippen molar-refractivity contribution in [3.05, 3.63) is 29.8 Å². The van der Waals surface area contributed by atoms with Gasteiger partial charge in [-0.2, -0.15) is 0 Å². The molecule has 3 fully saturated rings. The van der Waals surface area contributed by atoms with Crippen LogP contribution in [0.15, 0.2) is 24.3 Å². The first-order valence-corrected chi connectivity index (χ1v) is 11.0. The predicted octanol–water partition coefficient (Wildman–Crippen LogP) is 0.661. The van der Waals surface area contributed by atoms with Crippen molar-refractivity contribution in [2.24, 2.45) is 5.92 Å². The van der Waals surface area contributed by atoms with Crippen molar-refractivity contribution in [2.75, 3.05) is 51.1 Å². The lowest BCUT2D eigenvalue weighted by atomic mass is 9.95. The highest BCUT2D eigenvalue weighted by Gasteiger charge is 2.28. The SMILES string of the molecule is O=C1CCC(Nc2cccc(C(=O)N3CCC(CN4CCNCC4)CC3)c2)C(=O)N1. The van der Waals surface area contributed by atoms with Crippen LogP contribution in [0.25, 0.3) is 0 Å². The fourth-order valence-corrected chi connectivity index (χ4v) is 4.53. The predicted molar refractivity (Wildman–Crippen MR) is 114 cm³/mol. The zero-order chi connectivity index (χ0) is 20.9. The maximum absolute atomic E-state index is 13.0. The van der Waals surface area contributed by atoms with Crippen LogP contribution in [0.2, 0.25) is 0 Å². The van der Waals surface area contributed by atoms with Crippen molar-refractivity contribution < 1.29 is 14.4 Å². The van der Waals surface area contributed by atoms with Gasteiger partial charge in [0.25, 0.3) is 5.91 Å². The number of carbonyl (C=O) groups excluding carboxylic acids is 3. The van der Waals surface area contributed by atoms with Gasteiger partial charge in [-0.15, -0.1) is 0 Å². The van der Waals surface area contributed by atoms with Gasteiger partial charge < -0.3 is 20.4 Å². The number of anilines is 1. The minimum Gasteiger partial charge on any atom is -0.374 e. The number of hydrogen-bond donors (Lipinski definition) is 3. The van der Waals surface area contributed by atoms with Gasteiger partial charge in [-0.25, -0.2) is 0 Å². The Labute approximate surface area is 177 Å². The van der Waals surface area contributed by atoms with E-state index in [1.165, 1.54) is 0 Å². The third-order valence-electron chi connectivity index (χ3n) is 6.32. The summed E-state index contributed by atoms with van der Waals surface area (Å²) >= 11 is 0. The average molecular weight is 414 g/mol. The van der Waals surface area contributed by atoms with E-state index >= 15 is 0 Å². The molecular formula is C22H31N5O3. The monoisotopic (exact) mass is 413 g/mol. The number of amides is 3. The molecule has 0 bridgehead atoms. The normalized spacial score (nSPS) is 23.9. The van der Waals surface area contributed by atoms with Crippen molar-refractivity contribution in [3.63, 3.8) is 0 Å². The van der Waals surface area contributed by atoms with Crippen LogP contribution in [0, 0.1) is 5.92 Å². The van der Waals surface area contributed by atoms with Crippen LogP contribution in [-0.4, -0.2) is 79.4 Å². The Balaban J connectivity index is 1.30. The van der Waals surface area contributed by atoms with Crippen LogP contribution in [0.3, 0.4) is 0 Å². The Hall–Kier alpha value is -2.45. The molecule has 3 heterocycles. The summed E-state index contributed by atoms with van der Waals surface area (Å²) < 4.78 is 0. The minimum absolute atomic E-state index is 0.0440. The lowest BCUT2D eigenvalue weighted by Gasteiger charge is -2.36. The van der Waals surface area contributed by atoms with E-state index in [2.05, 4.69) is 20.9 Å². The van der Waals surface area contributed by atoms with Gasteiger partial charge in [-0.3, -0.25) is 19.7 Å². The van der Waals surface area contributed by atoms with Crippen molar-refractivity contribution in [2.45, 2.75) is 31.7 Å². The molecule has 3 aliphatic heterocycles. The Bertz CT molecular complexity index is 785. The molecule has 1 unspecified atom stereocenters. The van der Waals surface area contributed by atoms with E-state index in [0.717, 1.165) is 64.3 Å². The second-order valence-corrected chi connectivity index (χ2v) is 8.52. The number of piperazine rings is 1. The molecule has 8 heteroatoms. The molecule has 8 nitrogen and oxygen atoms in total. The molecule has 3 saturated heterocycles. The molecule has 3 aliphatic rings. The van der Waals surface area contributed by atoms with Gasteiger partial charge in [0.2, 0.25) is 11.8 Å². The van der Waals surface area contributed by atoms with Crippen molar-refractivity contribution >= 4 is 23.4 Å². The fraction of sp³-hybridized carbons (Fsp3) is 0.591. The number of likely N-dealkylation sites (tertiary alicyclic amines) is 1. The van der Waals surface area contributed by atoms with Crippen LogP contribution in [0.1, 0.15) is 36.0 Å². The maximum Gasteiger partial charge on any atom is 0.253 e. The van der Waals surface area contributed by atoms with Crippen LogP contribution >= 0.6 is 0 Å². The zero-order valence-corrected chi connectivity index (χ0v) is 17.4. The smallest absolute Gasteiger partial charge is 0.253 e. The summed E-state index contributed by atoms with van der Waals surface area (Å²) in [4.78, 5) is 40.8. The minimum atomic E-state index is -0.450. The first-order valence-electron chi connectivity index (χ1n) is 11.0. The number of carbonyl (C=O) groups is 3. The average Bonchev–Trinajstić information content (AvgIpc) is 2.77. The molecule has 0 aliphatic carbocycles. The molecule has 3 amide bonds. The Morgan fingerprint density at radius 1 is 1.07 bits per heavy atom. The standard InChI is InChI=1S/C22H31N5O3/c28-20-5-4-19(21(29)25-20)24-18-3-1-2-17(14-18)22(30)27-10-6-16(7-11-27)15-26-12-8-23-9-13-26/h1-3,14,16,19,23-24H,4-13,15H2,(H,25,28,29). The highest BCUT2D eigenvalue weighted by atomic mass is 16.2. The molecule has 0 spiro atoms. The number of nitrogens with zero attached hydrogens (tertiary/aromatic N) is 2. The van der Waals surface area contributed by atoms with Crippen LogP contribution in [0.4, 0.5) is 5.69 Å². The molecule has 1 aromatic carbocycles. The summed E-state index contributed by atoms with van der Waals surface area (Å²) in [5.74, 6) is 0.159. The number of hydrogen-bond acceptors (Lipinski definition) is 6. The largest absolute Gasteiger partial charge is 0.374 e. The van der Waals surface area contributed by atoms with Gasteiger partial charge in [-0.05, 0) is 43.4 Å². The van der Waals surface area contributed by atoms with E-state index < -0.39 is 6.04 Å². The van der Waals surface area contributed by atoms with Gasteiger partial charge >= 0.3 is 0 Å². The first-order chi connectivity index (χ1) is 14.6. The van der Waals surface area contributed by atoms with Gasteiger partial charge in [0.1, 0.15) is 6.04 Å². The summed E-state index contributed by atoms with van der Waals surface area (Å²) in [6.45, 7) is 7.09. The second-order valence-electron chi connectivity index (χ2n) is 8.52. The first kappa shape index (κ1) is 20.8. The highest BCUT2D eigenvalue weighted by Crippen LogP contribution is 2.22. The van der Waals surface area contributed by atoms with E-state index in [4.69, 9.17) is 0 Å².